The second-order valence-corrected chi connectivity index (χ2v) is 4.84. The van der Waals surface area contributed by atoms with Crippen molar-refractivity contribution in [3.8, 4) is 0 Å². The normalized spacial score (nSPS) is 14.1. The third-order valence-electron chi connectivity index (χ3n) is 2.61. The topological polar surface area (TPSA) is 54.0 Å². The van der Waals surface area contributed by atoms with Crippen LogP contribution in [0.4, 0.5) is 13.2 Å². The van der Waals surface area contributed by atoms with Crippen LogP contribution < -0.4 is 10.6 Å². The Labute approximate surface area is 119 Å². The lowest BCUT2D eigenvalue weighted by molar-refractivity contribution is -0.132. The van der Waals surface area contributed by atoms with Gasteiger partial charge in [0.1, 0.15) is 5.69 Å². The van der Waals surface area contributed by atoms with Crippen molar-refractivity contribution in [3.05, 3.63) is 16.1 Å². The number of amides is 1. The summed E-state index contributed by atoms with van der Waals surface area (Å²) < 4.78 is 39.9. The number of carbonyl (C=O) groups excluding carboxylic acids is 1. The Kier molecular flexibility index (Phi) is 6.41. The van der Waals surface area contributed by atoms with Crippen molar-refractivity contribution in [1.82, 2.24) is 15.0 Å². The Morgan fingerprint density at radius 2 is 2.15 bits per heavy atom. The van der Waals surface area contributed by atoms with Gasteiger partial charge in [0.15, 0.2) is 0 Å². The third kappa shape index (κ3) is 4.75. The molecule has 1 amide bonds. The highest BCUT2D eigenvalue weighted by molar-refractivity contribution is 7.06. The summed E-state index contributed by atoms with van der Waals surface area (Å²) in [6, 6.07) is 0. The van der Waals surface area contributed by atoms with E-state index in [9.17, 15) is 18.0 Å². The zero-order chi connectivity index (χ0) is 15.2. The molecule has 0 unspecified atom stereocenters. The van der Waals surface area contributed by atoms with Crippen molar-refractivity contribution < 1.29 is 18.0 Å². The Balaban J connectivity index is 0.000000956. The number of nitrogens with one attached hydrogen (secondary N) is 2. The Hall–Kier alpha value is -1.15. The van der Waals surface area contributed by atoms with Gasteiger partial charge in [-0.05, 0) is 18.0 Å². The maximum Gasteiger partial charge on any atom is 0.390 e. The standard InChI is InChI=1S/C10H12F3N3OS.C2H6/c11-10(12,13)2-4-15-9(17)8-6-5-14-3-1-7(6)18-16-8;1-2/h14H,1-5H2,(H,15,17);1-2H3. The molecule has 2 heterocycles. The largest absolute Gasteiger partial charge is 0.390 e. The molecule has 20 heavy (non-hydrogen) atoms. The molecule has 1 aliphatic heterocycles. The number of nitrogens with zero attached hydrogens (tertiary/aromatic N) is 1. The van der Waals surface area contributed by atoms with E-state index in [0.29, 0.717) is 6.54 Å². The van der Waals surface area contributed by atoms with Crippen LogP contribution in [0.3, 0.4) is 0 Å². The van der Waals surface area contributed by atoms with Gasteiger partial charge in [-0.25, -0.2) is 0 Å². The van der Waals surface area contributed by atoms with Gasteiger partial charge in [0.25, 0.3) is 5.91 Å². The summed E-state index contributed by atoms with van der Waals surface area (Å²) in [5.41, 5.74) is 1.07. The zero-order valence-corrected chi connectivity index (χ0v) is 12.2. The minimum absolute atomic E-state index is 0.254. The number of alkyl halides is 3. The molecule has 1 aromatic heterocycles. The van der Waals surface area contributed by atoms with E-state index < -0.39 is 25.0 Å². The van der Waals surface area contributed by atoms with Crippen LogP contribution in [0.15, 0.2) is 0 Å². The van der Waals surface area contributed by atoms with Gasteiger partial charge in [-0.1, -0.05) is 13.8 Å². The van der Waals surface area contributed by atoms with Crippen LogP contribution in [0.25, 0.3) is 0 Å². The van der Waals surface area contributed by atoms with Gasteiger partial charge >= 0.3 is 6.18 Å². The first kappa shape index (κ1) is 16.9. The molecule has 114 valence electrons. The molecule has 4 nitrogen and oxygen atoms in total. The van der Waals surface area contributed by atoms with Crippen molar-refractivity contribution in [1.29, 1.82) is 0 Å². The maximum absolute atomic E-state index is 11.9. The SMILES string of the molecule is CC.O=C(NCCC(F)(F)F)c1nsc2c1CNCC2. The molecule has 0 fully saturated rings. The molecule has 0 radical (unpaired) electrons. The van der Waals surface area contributed by atoms with Gasteiger partial charge in [0.05, 0.1) is 6.42 Å². The lowest BCUT2D eigenvalue weighted by Gasteiger charge is -2.13. The number of hydrogen-bond acceptors (Lipinski definition) is 4. The molecular formula is C12H18F3N3OS. The summed E-state index contributed by atoms with van der Waals surface area (Å²) in [6.45, 7) is 4.97. The maximum atomic E-state index is 11.9. The van der Waals surface area contributed by atoms with Crippen molar-refractivity contribution in [2.45, 2.75) is 39.4 Å². The molecule has 0 aromatic carbocycles. The molecular weight excluding hydrogens is 291 g/mol. The first-order valence-corrected chi connectivity index (χ1v) is 7.28. The molecule has 0 saturated heterocycles. The zero-order valence-electron chi connectivity index (χ0n) is 11.4. The predicted octanol–water partition coefficient (Wildman–Crippen LogP) is 2.50. The number of halogens is 3. The van der Waals surface area contributed by atoms with Crippen LogP contribution in [0.5, 0.6) is 0 Å². The Bertz CT molecular complexity index is 446. The van der Waals surface area contributed by atoms with Gasteiger partial charge in [0.2, 0.25) is 0 Å². The molecule has 8 heteroatoms. The Morgan fingerprint density at radius 3 is 2.80 bits per heavy atom. The van der Waals surface area contributed by atoms with Crippen molar-refractivity contribution in [2.24, 2.45) is 0 Å². The van der Waals surface area contributed by atoms with Gasteiger partial charge in [-0.3, -0.25) is 4.79 Å². The fraction of sp³-hybridized carbons (Fsp3) is 0.667. The highest BCUT2D eigenvalue weighted by Crippen LogP contribution is 2.22. The van der Waals surface area contributed by atoms with Gasteiger partial charge in [0, 0.05) is 30.1 Å². The summed E-state index contributed by atoms with van der Waals surface area (Å²) >= 11 is 1.25. The van der Waals surface area contributed by atoms with Crippen LogP contribution in [-0.2, 0) is 13.0 Å². The quantitative estimate of drug-likeness (QED) is 0.902. The van der Waals surface area contributed by atoms with E-state index in [1.54, 1.807) is 0 Å². The Morgan fingerprint density at radius 1 is 1.45 bits per heavy atom. The molecule has 0 bridgehead atoms. The first-order valence-electron chi connectivity index (χ1n) is 6.50. The molecule has 0 saturated carbocycles. The number of fused-ring (bicyclic) bond motifs is 1. The van der Waals surface area contributed by atoms with Gasteiger partial charge < -0.3 is 10.6 Å². The van der Waals surface area contributed by atoms with E-state index in [4.69, 9.17) is 0 Å². The van der Waals surface area contributed by atoms with E-state index in [0.717, 1.165) is 23.4 Å². The fourth-order valence-electron chi connectivity index (χ4n) is 1.72. The molecule has 0 spiro atoms. The molecule has 2 N–H and O–H groups in total. The van der Waals surface area contributed by atoms with Crippen LogP contribution in [0.1, 0.15) is 41.2 Å². The minimum Gasteiger partial charge on any atom is -0.350 e. The summed E-state index contributed by atoms with van der Waals surface area (Å²) in [5, 5.41) is 5.36. The summed E-state index contributed by atoms with van der Waals surface area (Å²) in [5.74, 6) is -0.527. The van der Waals surface area contributed by atoms with Crippen molar-refractivity contribution >= 4 is 17.4 Å². The summed E-state index contributed by atoms with van der Waals surface area (Å²) in [6.07, 6.45) is -4.47. The summed E-state index contributed by atoms with van der Waals surface area (Å²) in [7, 11) is 0. The van der Waals surface area contributed by atoms with Crippen molar-refractivity contribution in [3.63, 3.8) is 0 Å². The van der Waals surface area contributed by atoms with Gasteiger partial charge in [-0.2, -0.15) is 17.5 Å². The minimum atomic E-state index is -4.25. The first-order chi connectivity index (χ1) is 9.47. The van der Waals surface area contributed by atoms with Gasteiger partial charge in [-0.15, -0.1) is 0 Å². The summed E-state index contributed by atoms with van der Waals surface area (Å²) in [4.78, 5) is 12.7. The van der Waals surface area contributed by atoms with Crippen LogP contribution >= 0.6 is 11.5 Å². The second-order valence-electron chi connectivity index (χ2n) is 3.98. The molecule has 1 aliphatic rings. The smallest absolute Gasteiger partial charge is 0.350 e. The molecule has 1 aromatic rings. The van der Waals surface area contributed by atoms with Crippen molar-refractivity contribution in [2.75, 3.05) is 13.1 Å². The van der Waals surface area contributed by atoms with E-state index >= 15 is 0 Å². The monoisotopic (exact) mass is 309 g/mol. The number of aromatic nitrogens is 1. The average Bonchev–Trinajstić information content (AvgIpc) is 2.83. The predicted molar refractivity (Wildman–Crippen MR) is 71.9 cm³/mol. The lowest BCUT2D eigenvalue weighted by Crippen LogP contribution is -2.30. The highest BCUT2D eigenvalue weighted by Gasteiger charge is 2.27. The number of rotatable bonds is 3. The van der Waals surface area contributed by atoms with Crippen LogP contribution in [0.2, 0.25) is 0 Å². The van der Waals surface area contributed by atoms with Crippen LogP contribution in [-0.4, -0.2) is 29.5 Å². The van der Waals surface area contributed by atoms with E-state index in [1.807, 2.05) is 13.8 Å². The average molecular weight is 309 g/mol. The van der Waals surface area contributed by atoms with E-state index in [-0.39, 0.29) is 5.69 Å². The molecule has 0 atom stereocenters. The fourth-order valence-corrected chi connectivity index (χ4v) is 2.58. The highest BCUT2D eigenvalue weighted by atomic mass is 32.1. The lowest BCUT2D eigenvalue weighted by atomic mass is 10.1. The number of hydrogen-bond donors (Lipinski definition) is 2. The third-order valence-corrected chi connectivity index (χ3v) is 3.55. The van der Waals surface area contributed by atoms with E-state index in [1.165, 1.54) is 11.5 Å². The number of carbonyl (C=O) groups is 1. The molecule has 2 rings (SSSR count). The van der Waals surface area contributed by atoms with E-state index in [2.05, 4.69) is 15.0 Å². The van der Waals surface area contributed by atoms with Crippen LogP contribution in [0, 0.1) is 0 Å². The second kappa shape index (κ2) is 7.58. The molecule has 0 aliphatic carbocycles.